The smallest absolute Gasteiger partial charge is 0.274 e. The van der Waals surface area contributed by atoms with Crippen molar-refractivity contribution < 1.29 is 9.59 Å². The van der Waals surface area contributed by atoms with Crippen molar-refractivity contribution in [1.82, 2.24) is 30.5 Å². The van der Waals surface area contributed by atoms with Gasteiger partial charge in [-0.2, -0.15) is 5.10 Å². The van der Waals surface area contributed by atoms with Crippen LogP contribution in [0.5, 0.6) is 0 Å². The number of aliphatic imine (C=N–C) groups is 1. The topological polar surface area (TPSA) is 190 Å². The van der Waals surface area contributed by atoms with Crippen molar-refractivity contribution in [3.8, 4) is 11.3 Å². The molecular formula is C25H23ClN10O2. The third-order valence-corrected chi connectivity index (χ3v) is 5.16. The van der Waals surface area contributed by atoms with Crippen LogP contribution in [0.15, 0.2) is 65.8 Å². The van der Waals surface area contributed by atoms with Gasteiger partial charge in [0, 0.05) is 23.2 Å². The molecule has 0 aliphatic heterocycles. The fourth-order valence-corrected chi connectivity index (χ4v) is 3.45. The van der Waals surface area contributed by atoms with E-state index < -0.39 is 5.91 Å². The number of carbonyl (C=O) groups is 2. The van der Waals surface area contributed by atoms with Crippen LogP contribution in [-0.4, -0.2) is 42.8 Å². The highest BCUT2D eigenvalue weighted by atomic mass is 35.5. The summed E-state index contributed by atoms with van der Waals surface area (Å²) in [6.45, 7) is 1.45. The zero-order chi connectivity index (χ0) is 27.1. The summed E-state index contributed by atoms with van der Waals surface area (Å²) in [6.07, 6.45) is 4.58. The fourth-order valence-electron chi connectivity index (χ4n) is 3.27. The summed E-state index contributed by atoms with van der Waals surface area (Å²) in [7, 11) is 0. The summed E-state index contributed by atoms with van der Waals surface area (Å²) < 4.78 is 0. The van der Waals surface area contributed by atoms with E-state index in [9.17, 15) is 9.59 Å². The van der Waals surface area contributed by atoms with Gasteiger partial charge < -0.3 is 22.1 Å². The molecule has 2 aromatic heterocycles. The van der Waals surface area contributed by atoms with E-state index in [2.05, 4.69) is 40.8 Å². The highest BCUT2D eigenvalue weighted by Gasteiger charge is 2.15. The van der Waals surface area contributed by atoms with Crippen LogP contribution in [0.2, 0.25) is 5.02 Å². The molecule has 4 aromatic rings. The lowest BCUT2D eigenvalue weighted by Crippen LogP contribution is -2.26. The number of carbonyl (C=O) groups excluding carboxylic acids is 2. The van der Waals surface area contributed by atoms with Crippen LogP contribution in [0.1, 0.15) is 29.1 Å². The number of nitrogen functional groups attached to an aromatic ring is 1. The molecule has 0 radical (unpaired) electrons. The van der Waals surface area contributed by atoms with Gasteiger partial charge in [-0.25, -0.2) is 19.9 Å². The summed E-state index contributed by atoms with van der Waals surface area (Å²) in [5.41, 5.74) is 14.1. The number of aromatic nitrogens is 5. The highest BCUT2D eigenvalue weighted by Crippen LogP contribution is 2.22. The summed E-state index contributed by atoms with van der Waals surface area (Å²) in [5, 5.41) is 12.8. The van der Waals surface area contributed by atoms with Gasteiger partial charge in [0.15, 0.2) is 17.3 Å². The second-order valence-electron chi connectivity index (χ2n) is 7.92. The second-order valence-corrected chi connectivity index (χ2v) is 8.36. The van der Waals surface area contributed by atoms with E-state index in [1.165, 1.54) is 13.1 Å². The molecule has 7 N–H and O–H groups in total. The van der Waals surface area contributed by atoms with E-state index in [4.69, 9.17) is 23.1 Å². The monoisotopic (exact) mass is 530 g/mol. The molecule has 2 amide bonds. The number of rotatable bonds is 8. The van der Waals surface area contributed by atoms with Gasteiger partial charge in [0.25, 0.3) is 5.91 Å². The molecule has 38 heavy (non-hydrogen) atoms. The number of nitrogens with zero attached hydrogens (tertiary/aromatic N) is 5. The first-order valence-electron chi connectivity index (χ1n) is 11.2. The van der Waals surface area contributed by atoms with Crippen molar-refractivity contribution in [2.45, 2.75) is 13.5 Å². The van der Waals surface area contributed by atoms with Crippen LogP contribution in [0.4, 0.5) is 17.2 Å². The maximum absolute atomic E-state index is 12.8. The lowest BCUT2D eigenvalue weighted by molar-refractivity contribution is -0.114. The molecular weight excluding hydrogens is 508 g/mol. The second kappa shape index (κ2) is 11.8. The van der Waals surface area contributed by atoms with Crippen molar-refractivity contribution in [2.75, 3.05) is 11.1 Å². The van der Waals surface area contributed by atoms with Crippen LogP contribution in [-0.2, 0) is 11.3 Å². The largest absolute Gasteiger partial charge is 0.384 e. The molecule has 0 saturated heterocycles. The average Bonchev–Trinajstić information content (AvgIpc) is 3.34. The molecule has 4 rings (SSSR count). The molecule has 0 saturated carbocycles. The Morgan fingerprint density at radius 1 is 1.16 bits per heavy atom. The van der Waals surface area contributed by atoms with E-state index in [0.29, 0.717) is 39.3 Å². The van der Waals surface area contributed by atoms with Crippen molar-refractivity contribution in [2.24, 2.45) is 10.7 Å². The third-order valence-electron chi connectivity index (χ3n) is 4.93. The quantitative estimate of drug-likeness (QED) is 0.169. The van der Waals surface area contributed by atoms with Gasteiger partial charge in [-0.15, -0.1) is 0 Å². The Balaban J connectivity index is 1.40. The highest BCUT2D eigenvalue weighted by molar-refractivity contribution is 6.30. The molecule has 0 aliphatic rings. The minimum Gasteiger partial charge on any atom is -0.384 e. The maximum Gasteiger partial charge on any atom is 0.274 e. The summed E-state index contributed by atoms with van der Waals surface area (Å²) in [4.78, 5) is 41.1. The molecule has 0 spiro atoms. The van der Waals surface area contributed by atoms with Gasteiger partial charge >= 0.3 is 0 Å². The fraction of sp³-hybridized carbons (Fsp3) is 0.0800. The van der Waals surface area contributed by atoms with Gasteiger partial charge in [0.2, 0.25) is 5.91 Å². The molecule has 12 nitrogen and oxygen atoms in total. The molecule has 0 aliphatic carbocycles. The summed E-state index contributed by atoms with van der Waals surface area (Å²) in [5.74, 6) is 0.211. The normalized spacial score (nSPS) is 11.5. The summed E-state index contributed by atoms with van der Waals surface area (Å²) >= 11 is 5.95. The van der Waals surface area contributed by atoms with Crippen molar-refractivity contribution in [3.05, 3.63) is 83.2 Å². The van der Waals surface area contributed by atoms with Crippen LogP contribution >= 0.6 is 11.6 Å². The number of hydrogen-bond acceptors (Lipinski definition) is 8. The van der Waals surface area contributed by atoms with E-state index in [-0.39, 0.29) is 29.8 Å². The molecule has 0 atom stereocenters. The Kier molecular flexibility index (Phi) is 8.04. The Hall–Kier alpha value is -5.10. The minimum atomic E-state index is -0.541. The SMILES string of the molecule is CC(=O)Nc1cccc(-c2cnc(N)c(C(=O)NCc3nc(/C=C\C(N)=Nc4cccc(Cl)c4)n[nH]3)n2)c1. The number of amides is 2. The number of nitrogens with one attached hydrogen (secondary N) is 3. The number of halogens is 1. The van der Waals surface area contributed by atoms with Crippen molar-refractivity contribution >= 4 is 52.5 Å². The predicted octanol–water partition coefficient (Wildman–Crippen LogP) is 3.09. The first kappa shape index (κ1) is 26.0. The lowest BCUT2D eigenvalue weighted by Gasteiger charge is -2.09. The van der Waals surface area contributed by atoms with E-state index in [1.807, 2.05) is 0 Å². The number of hydrogen-bond donors (Lipinski definition) is 5. The molecule has 13 heteroatoms. The Morgan fingerprint density at radius 2 is 1.97 bits per heavy atom. The lowest BCUT2D eigenvalue weighted by atomic mass is 10.1. The van der Waals surface area contributed by atoms with E-state index in [1.54, 1.807) is 60.7 Å². The zero-order valence-corrected chi connectivity index (χ0v) is 20.9. The number of aromatic amines is 1. The van der Waals surface area contributed by atoms with Crippen molar-refractivity contribution in [1.29, 1.82) is 0 Å². The predicted molar refractivity (Wildman–Crippen MR) is 146 cm³/mol. The summed E-state index contributed by atoms with van der Waals surface area (Å²) in [6, 6.07) is 14.0. The van der Waals surface area contributed by atoms with Gasteiger partial charge in [0.05, 0.1) is 24.1 Å². The van der Waals surface area contributed by atoms with Crippen LogP contribution in [0.3, 0.4) is 0 Å². The first-order valence-corrected chi connectivity index (χ1v) is 11.6. The Labute approximate surface area is 222 Å². The zero-order valence-electron chi connectivity index (χ0n) is 20.1. The van der Waals surface area contributed by atoms with Gasteiger partial charge in [0.1, 0.15) is 11.7 Å². The minimum absolute atomic E-state index is 0.0278. The number of H-pyrrole nitrogens is 1. The van der Waals surface area contributed by atoms with Crippen LogP contribution in [0, 0.1) is 0 Å². The number of benzene rings is 2. The van der Waals surface area contributed by atoms with Crippen molar-refractivity contribution in [3.63, 3.8) is 0 Å². The molecule has 2 aromatic carbocycles. The number of anilines is 2. The van der Waals surface area contributed by atoms with Crippen LogP contribution < -0.4 is 22.1 Å². The van der Waals surface area contributed by atoms with Gasteiger partial charge in [-0.3, -0.25) is 14.7 Å². The van der Waals surface area contributed by atoms with Gasteiger partial charge in [-0.1, -0.05) is 29.8 Å². The van der Waals surface area contributed by atoms with E-state index in [0.717, 1.165) is 0 Å². The first-order chi connectivity index (χ1) is 18.3. The standard InChI is InChI=1S/C25H23ClN10O2/c1-14(37)31-17-6-2-4-15(10-17)19-12-29-24(28)23(33-19)25(38)30-13-22-34-21(35-36-22)9-8-20(27)32-18-7-3-5-16(26)11-18/h2-12H,13H2,1H3,(H2,27,32)(H2,28,29)(H,30,38)(H,31,37)(H,34,35,36)/b9-8-. The van der Waals surface area contributed by atoms with E-state index >= 15 is 0 Å². The molecule has 192 valence electrons. The molecule has 2 heterocycles. The number of amidine groups is 1. The number of nitrogens with two attached hydrogens (primary N) is 2. The van der Waals surface area contributed by atoms with Gasteiger partial charge in [-0.05, 0) is 42.5 Å². The van der Waals surface area contributed by atoms with Crippen LogP contribution in [0.25, 0.3) is 17.3 Å². The molecule has 0 fully saturated rings. The maximum atomic E-state index is 12.8. The molecule has 0 bridgehead atoms. The third kappa shape index (κ3) is 6.98. The average molecular weight is 531 g/mol. The Bertz CT molecular complexity index is 1550. The Morgan fingerprint density at radius 3 is 2.76 bits per heavy atom. The molecule has 0 unspecified atom stereocenters.